The van der Waals surface area contributed by atoms with Gasteiger partial charge in [0.1, 0.15) is 66.1 Å². The molecule has 0 atom stereocenters. The van der Waals surface area contributed by atoms with Gasteiger partial charge < -0.3 is 62.6 Å². The Morgan fingerprint density at radius 1 is 0.206 bits per heavy atom. The Morgan fingerprint density at radius 2 is 0.302 bits per heavy atom. The summed E-state index contributed by atoms with van der Waals surface area (Å²) in [5.41, 5.74) is -9.59. The van der Waals surface area contributed by atoms with Crippen molar-refractivity contribution in [3.8, 4) is 0 Å². The summed E-state index contributed by atoms with van der Waals surface area (Å²) in [4.78, 5) is 153. The van der Waals surface area contributed by atoms with Crippen LogP contribution >= 0.6 is 0 Å². The van der Waals surface area contributed by atoms with Crippen LogP contribution in [0.15, 0.2) is 0 Å². The number of ether oxygens (including phenoxy) is 3. The average molecular weight is 941 g/mol. The third kappa shape index (κ3) is 25.2. The Hall–Kier alpha value is -8.12. The summed E-state index contributed by atoms with van der Waals surface area (Å²) in [5, 5.41) is 95.8. The van der Waals surface area contributed by atoms with Crippen molar-refractivity contribution in [2.45, 2.75) is 0 Å². The Morgan fingerprint density at radius 3 is 0.397 bits per heavy atom. The smallest absolute Gasteiger partial charge is 0.294 e. The minimum Gasteiger partial charge on any atom is -0.380 e. The maximum Gasteiger partial charge on any atom is 0.294 e. The number of nitrogens with zero attached hydrogens (tertiary/aromatic N) is 10. The summed E-state index contributed by atoms with van der Waals surface area (Å²) >= 11 is 0. The lowest BCUT2D eigenvalue weighted by Crippen LogP contribution is -2.49. The summed E-state index contributed by atoms with van der Waals surface area (Å²) in [6.45, 7) is -20.5. The SMILES string of the molecule is O=[N+]([O-])OCC(COCC(COCC(CO[N+](=O)[O-])(CO[N+](=O)[O-])CO[N+](=O)[O-])(CO[N+](=O)[O-])CO[N+](=O)[O-])(COCC(CO[N+](=O)[O-])(CO[N+](=O)[O-])CO[N+](=O)[O-])CO[N+](=O)[O-]. The standard InChI is InChI=1S/C20H32N10O33/c31-21(32)54-7-17(8-55-22(33)34,3-52-5-19(11-58-25(39)40,12-59-26(41)42)13-60-27(43)44)1-51-2-18(9-56-23(35)36,10-57-24(37)38)4-53-6-20(14-61-28(45)46,15-62-29(47)48)16-63-30(49)50/h1-16H2. The second kappa shape index (κ2) is 26.9. The van der Waals surface area contributed by atoms with E-state index in [0.29, 0.717) is 0 Å². The molecule has 0 bridgehead atoms. The summed E-state index contributed by atoms with van der Waals surface area (Å²) in [6, 6.07) is 0. The molecule has 0 heterocycles. The first kappa shape index (κ1) is 54.9. The van der Waals surface area contributed by atoms with Gasteiger partial charge >= 0.3 is 0 Å². The molecule has 0 aromatic rings. The fourth-order valence-corrected chi connectivity index (χ4v) is 4.35. The molecule has 43 heteroatoms. The molecule has 0 amide bonds. The van der Waals surface area contributed by atoms with E-state index in [1.54, 1.807) is 0 Å². The molecular formula is C20H32N10O33. The maximum atomic E-state index is 11.2. The van der Waals surface area contributed by atoms with E-state index in [-0.39, 0.29) is 0 Å². The molecule has 0 aliphatic carbocycles. The van der Waals surface area contributed by atoms with E-state index in [2.05, 4.69) is 48.4 Å². The van der Waals surface area contributed by atoms with Crippen LogP contribution in [0.5, 0.6) is 0 Å². The lowest BCUT2D eigenvalue weighted by atomic mass is 9.89. The molecule has 0 spiro atoms. The van der Waals surface area contributed by atoms with Crippen LogP contribution in [-0.4, -0.2) is 157 Å². The molecule has 0 fully saturated rings. The molecular weight excluding hydrogens is 908 g/mol. The van der Waals surface area contributed by atoms with Crippen molar-refractivity contribution in [2.75, 3.05) is 106 Å². The van der Waals surface area contributed by atoms with E-state index >= 15 is 0 Å². The van der Waals surface area contributed by atoms with Crippen LogP contribution in [0.4, 0.5) is 0 Å². The molecule has 360 valence electrons. The predicted molar refractivity (Wildman–Crippen MR) is 172 cm³/mol. The van der Waals surface area contributed by atoms with Gasteiger partial charge in [-0.3, -0.25) is 0 Å². The molecule has 0 aromatic heterocycles. The van der Waals surface area contributed by atoms with Crippen LogP contribution in [0.2, 0.25) is 0 Å². The van der Waals surface area contributed by atoms with Crippen LogP contribution < -0.4 is 0 Å². The minimum absolute atomic E-state index is 1.19. The maximum absolute atomic E-state index is 11.2. The lowest BCUT2D eigenvalue weighted by Gasteiger charge is -2.37. The first-order valence-corrected chi connectivity index (χ1v) is 15.8. The summed E-state index contributed by atoms with van der Waals surface area (Å²) in [7, 11) is 0. The van der Waals surface area contributed by atoms with Gasteiger partial charge in [-0.2, -0.15) is 0 Å². The van der Waals surface area contributed by atoms with E-state index in [1.165, 1.54) is 0 Å². The highest BCUT2D eigenvalue weighted by Crippen LogP contribution is 2.29. The van der Waals surface area contributed by atoms with E-state index in [4.69, 9.17) is 14.2 Å². The molecule has 0 rings (SSSR count). The highest BCUT2D eigenvalue weighted by Gasteiger charge is 2.43. The summed E-state index contributed by atoms with van der Waals surface area (Å²) in [6.07, 6.45) is 0. The van der Waals surface area contributed by atoms with E-state index in [9.17, 15) is 101 Å². The van der Waals surface area contributed by atoms with Crippen molar-refractivity contribution < 1.29 is 113 Å². The molecule has 0 unspecified atom stereocenters. The zero-order valence-corrected chi connectivity index (χ0v) is 31.3. The topological polar surface area (TPSA) is 551 Å². The zero-order valence-electron chi connectivity index (χ0n) is 31.3. The zero-order chi connectivity index (χ0) is 48.3. The highest BCUT2D eigenvalue weighted by molar-refractivity contribution is 4.85. The third-order valence-corrected chi connectivity index (χ3v) is 7.21. The van der Waals surface area contributed by atoms with Crippen molar-refractivity contribution in [3.05, 3.63) is 101 Å². The molecule has 0 aromatic carbocycles. The van der Waals surface area contributed by atoms with Gasteiger partial charge in [-0.15, -0.1) is 101 Å². The van der Waals surface area contributed by atoms with Gasteiger partial charge in [0, 0.05) is 0 Å². The Bertz CT molecular complexity index is 1340. The second-order valence-electron chi connectivity index (χ2n) is 12.4. The summed E-state index contributed by atoms with van der Waals surface area (Å²) in [5.74, 6) is 0. The molecule has 0 aliphatic rings. The van der Waals surface area contributed by atoms with Crippen molar-refractivity contribution in [1.82, 2.24) is 0 Å². The van der Waals surface area contributed by atoms with Crippen molar-refractivity contribution >= 4 is 0 Å². The predicted octanol–water partition coefficient (Wildman–Crippen LogP) is -2.94. The highest BCUT2D eigenvalue weighted by atomic mass is 17.0. The van der Waals surface area contributed by atoms with E-state index in [1.807, 2.05) is 0 Å². The summed E-state index contributed by atoms with van der Waals surface area (Å²) < 4.78 is 16.2. The van der Waals surface area contributed by atoms with Crippen LogP contribution in [0.25, 0.3) is 0 Å². The third-order valence-electron chi connectivity index (χ3n) is 7.21. The Labute approximate surface area is 342 Å². The normalized spacial score (nSPS) is 11.4. The Balaban J connectivity index is 7.08. The van der Waals surface area contributed by atoms with Gasteiger partial charge in [0.05, 0.1) is 61.3 Å². The van der Waals surface area contributed by atoms with Gasteiger partial charge in [0.25, 0.3) is 50.9 Å². The quantitative estimate of drug-likeness (QED) is 0.0436. The first-order valence-electron chi connectivity index (χ1n) is 15.8. The molecule has 0 radical (unpaired) electrons. The molecule has 0 N–H and O–H groups in total. The van der Waals surface area contributed by atoms with Gasteiger partial charge in [-0.1, -0.05) is 0 Å². The fraction of sp³-hybridized carbons (Fsp3) is 1.00. The average Bonchev–Trinajstić information content (AvgIpc) is 3.18. The molecule has 0 saturated carbocycles. The van der Waals surface area contributed by atoms with E-state index < -0.39 is 178 Å². The number of hydrogen-bond donors (Lipinski definition) is 0. The largest absolute Gasteiger partial charge is 0.380 e. The van der Waals surface area contributed by atoms with Gasteiger partial charge in [-0.25, -0.2) is 0 Å². The number of rotatable bonds is 42. The van der Waals surface area contributed by atoms with Crippen LogP contribution in [-0.2, 0) is 62.6 Å². The van der Waals surface area contributed by atoms with Crippen LogP contribution in [0.3, 0.4) is 0 Å². The van der Waals surface area contributed by atoms with Crippen LogP contribution in [0, 0.1) is 123 Å². The van der Waals surface area contributed by atoms with Gasteiger partial charge in [0.15, 0.2) is 0 Å². The fourth-order valence-electron chi connectivity index (χ4n) is 4.35. The lowest BCUT2D eigenvalue weighted by molar-refractivity contribution is -0.782. The van der Waals surface area contributed by atoms with Crippen molar-refractivity contribution in [1.29, 1.82) is 0 Å². The van der Waals surface area contributed by atoms with E-state index in [0.717, 1.165) is 0 Å². The molecule has 0 saturated heterocycles. The second-order valence-corrected chi connectivity index (χ2v) is 12.4. The van der Waals surface area contributed by atoms with Crippen molar-refractivity contribution in [2.24, 2.45) is 21.7 Å². The van der Waals surface area contributed by atoms with Crippen LogP contribution in [0.1, 0.15) is 0 Å². The van der Waals surface area contributed by atoms with Gasteiger partial charge in [-0.05, 0) is 0 Å². The monoisotopic (exact) mass is 940 g/mol. The Kier molecular flexibility index (Phi) is 23.4. The molecule has 0 aliphatic heterocycles. The van der Waals surface area contributed by atoms with Crippen molar-refractivity contribution in [3.63, 3.8) is 0 Å². The minimum atomic E-state index is -2.42. The first-order chi connectivity index (χ1) is 29.3. The number of hydrogen-bond acceptors (Lipinski definition) is 33. The molecule has 63 heavy (non-hydrogen) atoms. The van der Waals surface area contributed by atoms with Gasteiger partial charge in [0.2, 0.25) is 0 Å². The molecule has 43 nitrogen and oxygen atoms in total.